The molecule has 4 aliphatic heterocycles. The molecule has 2 aromatic heterocycles. The van der Waals surface area contributed by atoms with Crippen LogP contribution in [0.4, 0.5) is 4.79 Å². The third-order valence-electron chi connectivity index (χ3n) is 17.9. The number of esters is 4. The number of carbonyl (C=O) groups excluding carboxylic acids is 9. The molecule has 32 heteroatoms. The molecule has 4 aromatic rings. The number of carbonyl (C=O) groups is 9. The third kappa shape index (κ3) is 27.7. The number of hydrogen-bond donors (Lipinski definition) is 6. The van der Waals surface area contributed by atoms with Crippen LogP contribution in [-0.4, -0.2) is 188 Å². The lowest BCUT2D eigenvalue weighted by atomic mass is 9.79. The fourth-order valence-electron chi connectivity index (χ4n) is 11.6. The van der Waals surface area contributed by atoms with Crippen LogP contribution in [0.3, 0.4) is 0 Å². The first-order chi connectivity index (χ1) is 50.1. The molecule has 6 heterocycles. The van der Waals surface area contributed by atoms with Gasteiger partial charge >= 0.3 is 30.0 Å². The van der Waals surface area contributed by atoms with Crippen LogP contribution in [0.2, 0.25) is 0 Å². The van der Waals surface area contributed by atoms with Gasteiger partial charge in [-0.15, -0.1) is 0 Å². The van der Waals surface area contributed by atoms with Gasteiger partial charge in [-0.3, -0.25) is 58.3 Å². The predicted molar refractivity (Wildman–Crippen MR) is 409 cm³/mol. The summed E-state index contributed by atoms with van der Waals surface area (Å²) in [7, 11) is 1.42. The Balaban J connectivity index is 0.000000267. The Morgan fingerprint density at radius 1 is 0.598 bits per heavy atom. The van der Waals surface area contributed by atoms with E-state index in [1.807, 2.05) is 107 Å². The van der Waals surface area contributed by atoms with Gasteiger partial charge < -0.3 is 54.2 Å². The Morgan fingerprint density at radius 3 is 1.43 bits per heavy atom. The lowest BCUT2D eigenvalue weighted by Gasteiger charge is -2.35. The van der Waals surface area contributed by atoms with E-state index in [4.69, 9.17) is 113 Å². The lowest BCUT2D eigenvalue weighted by molar-refractivity contribution is -0.170. The van der Waals surface area contributed by atoms with Crippen molar-refractivity contribution in [3.05, 3.63) is 95.3 Å². The Morgan fingerprint density at radius 2 is 1.02 bits per heavy atom. The summed E-state index contributed by atoms with van der Waals surface area (Å²) in [5.41, 5.74) is 8.60. The van der Waals surface area contributed by atoms with E-state index >= 15 is 0 Å². The van der Waals surface area contributed by atoms with E-state index in [0.29, 0.717) is 96.8 Å². The second-order valence-corrected chi connectivity index (χ2v) is 33.9. The van der Waals surface area contributed by atoms with E-state index in [1.165, 1.54) is 31.0 Å². The number of aromatic nitrogens is 2. The molecule has 5 amide bonds. The van der Waals surface area contributed by atoms with Crippen LogP contribution in [0.1, 0.15) is 169 Å². The van der Waals surface area contributed by atoms with E-state index in [0.717, 1.165) is 44.3 Å². The molecule has 4 aliphatic rings. The number of ether oxygens (including phenoxy) is 7. The Kier molecular flexibility index (Phi) is 33.6. The predicted octanol–water partition coefficient (Wildman–Crippen LogP) is 11.4. The van der Waals surface area contributed by atoms with Crippen LogP contribution in [0.5, 0.6) is 0 Å². The average Bonchev–Trinajstić information content (AvgIpc) is 0.817. The molecule has 107 heavy (non-hydrogen) atoms. The molecule has 7 atom stereocenters. The molecule has 26 nitrogen and oxygen atoms in total. The molecule has 0 aliphatic carbocycles. The van der Waals surface area contributed by atoms with Gasteiger partial charge in [0.15, 0.2) is 6.10 Å². The van der Waals surface area contributed by atoms with E-state index < -0.39 is 121 Å². The minimum atomic E-state index is -1.76. The van der Waals surface area contributed by atoms with Crippen LogP contribution in [-0.2, 0) is 71.5 Å². The molecule has 0 unspecified atom stereocenters. The number of aliphatic hydroxyl groups excluding tert-OH is 1. The van der Waals surface area contributed by atoms with Crippen LogP contribution >= 0.6 is 69.6 Å². The Labute approximate surface area is 655 Å². The van der Waals surface area contributed by atoms with E-state index in [1.54, 1.807) is 27.7 Å². The number of benzene rings is 2. The third-order valence-corrected chi connectivity index (χ3v) is 18.5. The first kappa shape index (κ1) is 89.2. The van der Waals surface area contributed by atoms with E-state index in [2.05, 4.69) is 46.7 Å². The number of nitrogens with one attached hydrogen (secondary N) is 5. The zero-order valence-electron chi connectivity index (χ0n) is 62.7. The van der Waals surface area contributed by atoms with Crippen molar-refractivity contribution in [3.8, 4) is 0 Å². The summed E-state index contributed by atoms with van der Waals surface area (Å²) in [5, 5.41) is 22.2. The average molecular weight is 1610 g/mol. The summed E-state index contributed by atoms with van der Waals surface area (Å²) in [6, 6.07) is 16.1. The number of aliphatic hydroxyl groups is 1. The van der Waals surface area contributed by atoms with Crippen LogP contribution < -0.4 is 26.8 Å². The molecule has 6 N–H and O–H groups in total. The van der Waals surface area contributed by atoms with Crippen molar-refractivity contribution in [2.24, 2.45) is 22.7 Å². The second kappa shape index (κ2) is 40.3. The first-order valence-electron chi connectivity index (χ1n) is 35.7. The highest BCUT2D eigenvalue weighted by Crippen LogP contribution is 2.38. The number of pyridine rings is 2. The van der Waals surface area contributed by atoms with E-state index in [-0.39, 0.29) is 23.8 Å². The molecule has 4 saturated heterocycles. The summed E-state index contributed by atoms with van der Waals surface area (Å²) < 4.78 is 33.8. The quantitative estimate of drug-likeness (QED) is 0.0242. The number of alkyl carbamates (subject to hydrolysis) is 1. The van der Waals surface area contributed by atoms with Crippen LogP contribution in [0.25, 0.3) is 34.0 Å². The zero-order chi connectivity index (χ0) is 79.4. The van der Waals surface area contributed by atoms with Gasteiger partial charge in [-0.1, -0.05) is 172 Å². The summed E-state index contributed by atoms with van der Waals surface area (Å²) in [4.78, 5) is 124. The van der Waals surface area contributed by atoms with Gasteiger partial charge in [-0.05, 0) is 146 Å². The smallest absolute Gasteiger partial charge is 0.408 e. The molecule has 590 valence electrons. The summed E-state index contributed by atoms with van der Waals surface area (Å²) in [6.07, 6.45) is 8.68. The van der Waals surface area contributed by atoms with Crippen molar-refractivity contribution in [3.63, 3.8) is 0 Å². The minimum Gasteiger partial charge on any atom is -0.468 e. The number of methoxy groups -OCH3 is 1. The maximum Gasteiger partial charge on any atom is 0.408 e. The molecule has 0 radical (unpaired) electrons. The topological polar surface area (TPSA) is 331 Å². The zero-order valence-corrected chi connectivity index (χ0v) is 67.2. The fourth-order valence-corrected chi connectivity index (χ4v) is 12.0. The second-order valence-electron chi connectivity index (χ2n) is 28.9. The number of halogens is 6. The summed E-state index contributed by atoms with van der Waals surface area (Å²) >= 11 is 33.6. The van der Waals surface area contributed by atoms with Crippen molar-refractivity contribution in [1.29, 1.82) is 0 Å². The number of rotatable bonds is 22. The van der Waals surface area contributed by atoms with Gasteiger partial charge in [0, 0.05) is 56.0 Å². The van der Waals surface area contributed by atoms with Crippen molar-refractivity contribution in [2.45, 2.75) is 196 Å². The van der Waals surface area contributed by atoms with E-state index in [9.17, 15) is 48.3 Å². The van der Waals surface area contributed by atoms with Gasteiger partial charge in [0.2, 0.25) is 13.5 Å². The Hall–Kier alpha value is -6.69. The number of amides is 5. The normalized spacial score (nSPS) is 19.1. The molecule has 0 bridgehead atoms. The molecule has 2 aromatic carbocycles. The SMILES string of the molecule is CC(C)[C@H](O)C(=O)N[C@@H](C)C(=O)N1CCC[C@@H](C(=O)OCC(Cl)(Cl)Cl)N1.CC(C)c1ccc2ccc(/C=C/C3(C(=O)O[C@H](C(=O)N[C@@H](C)C(=O)N4CCC[C@@H](C(=O)OCC(Cl)(Cl)Cl)N4)C(C)C)CCOCC3)cc2n1.COC(=O)C1(/C=C/c2ccc3ccc([C@@H](C)NC(=O)OC(C)(C)C)nc3c2)CCOCC1. The van der Waals surface area contributed by atoms with Gasteiger partial charge in [0.05, 0.1) is 40.7 Å². The molecule has 0 saturated carbocycles. The highest BCUT2D eigenvalue weighted by atomic mass is 35.6. The van der Waals surface area contributed by atoms with Crippen LogP contribution in [0.15, 0.2) is 72.8 Å². The lowest BCUT2D eigenvalue weighted by Crippen LogP contribution is -2.60. The maximum atomic E-state index is 13.9. The van der Waals surface area contributed by atoms with Gasteiger partial charge in [-0.25, -0.2) is 15.6 Å². The standard InChI is InChI=1S/C35H45Cl3N4O7.C25H32N2O5.C15H24Cl3N3O5/c1-21(2)26-11-10-25-9-8-24(19-28(25)40-26)12-13-34(14-17-47-18-15-34)33(46)49-29(22(3)4)30(43)39-23(5)31(44)42-16-6-7-27(41-42)32(45)48-20-35(36,37)38;1-17(26-23(29)32-24(2,3)4)20-9-8-19-7-6-18(16-21(19)27-20)10-11-25(22(28)30-5)12-14-31-15-13-25;1-8(2)11(22)12(23)19-9(3)13(24)21-6-4-5-10(20-21)14(25)26-7-15(16,17)18/h8-13,19,21-23,27,29,41H,6-7,14-18,20H2,1-5H3,(H,39,43);6-11,16-17H,12-15H2,1-5H3,(H,26,29);8-11,20,22H,4-7H2,1-3H3,(H,19,23)/b13-12+;11-10+;/t23-,27-,29-;17-;9-,10-,11-/m010/s1. The maximum absolute atomic E-state index is 13.9. The van der Waals surface area contributed by atoms with Crippen molar-refractivity contribution in [1.82, 2.24) is 46.8 Å². The highest BCUT2D eigenvalue weighted by Gasteiger charge is 2.44. The number of hydrazine groups is 2. The van der Waals surface area contributed by atoms with Gasteiger partial charge in [0.1, 0.15) is 49.1 Å². The molecule has 0 spiro atoms. The Bertz CT molecular complexity index is 3800. The summed E-state index contributed by atoms with van der Waals surface area (Å²) in [6.45, 7) is 23.1. The molecule has 8 rings (SSSR count). The number of alkyl halides is 6. The number of nitrogens with zero attached hydrogens (tertiary/aromatic N) is 4. The minimum absolute atomic E-state index is 0.236. The van der Waals surface area contributed by atoms with Gasteiger partial charge in [0.25, 0.3) is 17.7 Å². The van der Waals surface area contributed by atoms with Crippen molar-refractivity contribution < 1.29 is 81.4 Å². The van der Waals surface area contributed by atoms with Gasteiger partial charge in [-0.2, -0.15) is 0 Å². The summed E-state index contributed by atoms with van der Waals surface area (Å²) in [5.74, 6) is -4.59. The number of fused-ring (bicyclic) bond motifs is 2. The van der Waals surface area contributed by atoms with Crippen molar-refractivity contribution in [2.75, 3.05) is 59.8 Å². The number of hydrogen-bond acceptors (Lipinski definition) is 21. The largest absolute Gasteiger partial charge is 0.468 e. The molecular weight excluding hydrogens is 1510 g/mol. The molecular formula is C75H101Cl6N9O17. The monoisotopic (exact) mass is 1610 g/mol. The highest BCUT2D eigenvalue weighted by molar-refractivity contribution is 6.68. The van der Waals surface area contributed by atoms with Crippen LogP contribution in [0, 0.1) is 22.7 Å². The van der Waals surface area contributed by atoms with Crippen molar-refractivity contribution >= 4 is 157 Å². The first-order valence-corrected chi connectivity index (χ1v) is 37.9. The fraction of sp³-hybridized carbons (Fsp3) is 0.587. The molecule has 4 fully saturated rings.